The summed E-state index contributed by atoms with van der Waals surface area (Å²) in [5.41, 5.74) is 0.459. The van der Waals surface area contributed by atoms with Crippen molar-refractivity contribution in [2.24, 2.45) is 0 Å². The molecule has 0 fully saturated rings. The second kappa shape index (κ2) is 6.57. The van der Waals surface area contributed by atoms with Gasteiger partial charge in [0.1, 0.15) is 5.82 Å². The van der Waals surface area contributed by atoms with E-state index in [4.69, 9.17) is 11.6 Å². The maximum Gasteiger partial charge on any atom is 0.162 e. The Morgan fingerprint density at radius 2 is 2.07 bits per heavy atom. The molecule has 1 rings (SSSR count). The van der Waals surface area contributed by atoms with Crippen LogP contribution in [0.25, 0.3) is 0 Å². The maximum absolute atomic E-state index is 12.8. The van der Waals surface area contributed by atoms with Gasteiger partial charge >= 0.3 is 0 Å². The number of rotatable bonds is 6. The molecule has 0 aliphatic carbocycles. The third kappa shape index (κ3) is 4.43. The Labute approximate surface area is 94.3 Å². The lowest BCUT2D eigenvalue weighted by molar-refractivity contribution is 0.0979. The average Bonchev–Trinajstić information content (AvgIpc) is 2.24. The highest BCUT2D eigenvalue weighted by atomic mass is 35.5. The predicted molar refractivity (Wildman–Crippen MR) is 59.9 cm³/mol. The van der Waals surface area contributed by atoms with Crippen LogP contribution < -0.4 is 0 Å². The highest BCUT2D eigenvalue weighted by molar-refractivity contribution is 6.17. The van der Waals surface area contributed by atoms with Gasteiger partial charge in [-0.05, 0) is 25.0 Å². The first-order valence-electron chi connectivity index (χ1n) is 5.09. The monoisotopic (exact) mass is 228 g/mol. The minimum Gasteiger partial charge on any atom is -0.294 e. The first-order valence-corrected chi connectivity index (χ1v) is 5.62. The molecule has 0 unspecified atom stereocenters. The molecule has 15 heavy (non-hydrogen) atoms. The summed E-state index contributed by atoms with van der Waals surface area (Å²) in [4.78, 5) is 11.6. The van der Waals surface area contributed by atoms with Crippen LogP contribution in [-0.4, -0.2) is 11.7 Å². The first kappa shape index (κ1) is 12.2. The van der Waals surface area contributed by atoms with Gasteiger partial charge in [-0.2, -0.15) is 0 Å². The molecule has 3 heteroatoms. The molecule has 0 aliphatic rings. The molecule has 0 spiro atoms. The molecule has 1 aromatic carbocycles. The summed E-state index contributed by atoms with van der Waals surface area (Å²) in [6.07, 6.45) is 3.17. The molecule has 0 N–H and O–H groups in total. The summed E-state index contributed by atoms with van der Waals surface area (Å²) in [5.74, 6) is 0.277. The molecule has 82 valence electrons. The van der Waals surface area contributed by atoms with Gasteiger partial charge in [0.05, 0.1) is 0 Å². The number of alkyl halides is 1. The topological polar surface area (TPSA) is 17.1 Å². The van der Waals surface area contributed by atoms with Crippen molar-refractivity contribution in [3.8, 4) is 0 Å². The van der Waals surface area contributed by atoms with Crippen molar-refractivity contribution in [3.63, 3.8) is 0 Å². The maximum atomic E-state index is 12.8. The highest BCUT2D eigenvalue weighted by Crippen LogP contribution is 2.10. The second-order valence-corrected chi connectivity index (χ2v) is 3.81. The fraction of sp³-hybridized carbons (Fsp3) is 0.417. The van der Waals surface area contributed by atoms with Crippen molar-refractivity contribution in [2.75, 3.05) is 5.88 Å². The van der Waals surface area contributed by atoms with Crippen LogP contribution >= 0.6 is 11.6 Å². The van der Waals surface area contributed by atoms with E-state index < -0.39 is 0 Å². The molecular formula is C12H14ClFO. The molecule has 1 nitrogen and oxygen atoms in total. The summed E-state index contributed by atoms with van der Waals surface area (Å²) in [7, 11) is 0. The summed E-state index contributed by atoms with van der Waals surface area (Å²) in [6.45, 7) is 0. The van der Waals surface area contributed by atoms with E-state index in [1.165, 1.54) is 12.1 Å². The number of unbranched alkanes of at least 4 members (excludes halogenated alkanes) is 2. The lowest BCUT2D eigenvalue weighted by atomic mass is 10.0. The van der Waals surface area contributed by atoms with Gasteiger partial charge in [-0.15, -0.1) is 11.6 Å². The lowest BCUT2D eigenvalue weighted by Crippen LogP contribution is -1.99. The SMILES string of the molecule is O=C(CCCCCCl)c1cccc(F)c1. The zero-order chi connectivity index (χ0) is 11.1. The fourth-order valence-electron chi connectivity index (χ4n) is 1.36. The first-order chi connectivity index (χ1) is 7.24. The number of halogens is 2. The van der Waals surface area contributed by atoms with E-state index in [9.17, 15) is 9.18 Å². The van der Waals surface area contributed by atoms with Gasteiger partial charge in [0.25, 0.3) is 0 Å². The zero-order valence-corrected chi connectivity index (χ0v) is 9.27. The van der Waals surface area contributed by atoms with Gasteiger partial charge in [0.15, 0.2) is 5.78 Å². The van der Waals surface area contributed by atoms with Crippen molar-refractivity contribution in [1.82, 2.24) is 0 Å². The Kier molecular flexibility index (Phi) is 5.33. The fourth-order valence-corrected chi connectivity index (χ4v) is 1.55. The predicted octanol–water partition coefficient (Wildman–Crippen LogP) is 3.81. The van der Waals surface area contributed by atoms with Gasteiger partial charge in [-0.1, -0.05) is 18.6 Å². The van der Waals surface area contributed by atoms with Crippen molar-refractivity contribution in [1.29, 1.82) is 0 Å². The van der Waals surface area contributed by atoms with Gasteiger partial charge < -0.3 is 0 Å². The largest absolute Gasteiger partial charge is 0.294 e. The highest BCUT2D eigenvalue weighted by Gasteiger charge is 2.05. The Hall–Kier alpha value is -0.890. The van der Waals surface area contributed by atoms with Gasteiger partial charge in [-0.25, -0.2) is 4.39 Å². The van der Waals surface area contributed by atoms with Gasteiger partial charge in [0.2, 0.25) is 0 Å². The van der Waals surface area contributed by atoms with E-state index in [0.717, 1.165) is 19.3 Å². The number of ketones is 1. The summed E-state index contributed by atoms with van der Waals surface area (Å²) in [5, 5.41) is 0. The standard InChI is InChI=1S/C12H14ClFO/c13-8-3-1-2-7-12(15)10-5-4-6-11(14)9-10/h4-6,9H,1-3,7-8H2. The van der Waals surface area contributed by atoms with Gasteiger partial charge in [0, 0.05) is 17.9 Å². The number of hydrogen-bond donors (Lipinski definition) is 0. The quantitative estimate of drug-likeness (QED) is 0.411. The summed E-state index contributed by atoms with van der Waals surface area (Å²) < 4.78 is 12.8. The minimum atomic E-state index is -0.360. The van der Waals surface area contributed by atoms with E-state index >= 15 is 0 Å². The Balaban J connectivity index is 2.40. The average molecular weight is 229 g/mol. The third-order valence-electron chi connectivity index (χ3n) is 2.18. The van der Waals surface area contributed by atoms with E-state index in [2.05, 4.69) is 0 Å². The normalized spacial score (nSPS) is 10.3. The van der Waals surface area contributed by atoms with Crippen LogP contribution in [0.2, 0.25) is 0 Å². The van der Waals surface area contributed by atoms with Crippen molar-refractivity contribution >= 4 is 17.4 Å². The van der Waals surface area contributed by atoms with Crippen LogP contribution in [0.1, 0.15) is 36.0 Å². The smallest absolute Gasteiger partial charge is 0.162 e. The lowest BCUT2D eigenvalue weighted by Gasteiger charge is -2.00. The van der Waals surface area contributed by atoms with Crippen molar-refractivity contribution in [2.45, 2.75) is 25.7 Å². The number of benzene rings is 1. The zero-order valence-electron chi connectivity index (χ0n) is 8.51. The van der Waals surface area contributed by atoms with Crippen LogP contribution in [0.3, 0.4) is 0 Å². The number of carbonyl (C=O) groups excluding carboxylic acids is 1. The second-order valence-electron chi connectivity index (χ2n) is 3.43. The summed E-state index contributed by atoms with van der Waals surface area (Å²) >= 11 is 5.52. The van der Waals surface area contributed by atoms with Crippen LogP contribution in [0.15, 0.2) is 24.3 Å². The molecule has 0 heterocycles. The molecule has 0 saturated carbocycles. The molecule has 0 atom stereocenters. The van der Waals surface area contributed by atoms with E-state index in [1.54, 1.807) is 12.1 Å². The van der Waals surface area contributed by atoms with Crippen molar-refractivity contribution < 1.29 is 9.18 Å². The number of hydrogen-bond acceptors (Lipinski definition) is 1. The molecule has 0 amide bonds. The van der Waals surface area contributed by atoms with Crippen LogP contribution in [-0.2, 0) is 0 Å². The van der Waals surface area contributed by atoms with Crippen LogP contribution in [0.4, 0.5) is 4.39 Å². The van der Waals surface area contributed by atoms with E-state index in [0.29, 0.717) is 17.9 Å². The minimum absolute atomic E-state index is 0.00377. The Morgan fingerprint density at radius 3 is 2.73 bits per heavy atom. The molecule has 0 radical (unpaired) electrons. The van der Waals surface area contributed by atoms with Crippen LogP contribution in [0.5, 0.6) is 0 Å². The molecule has 1 aromatic rings. The number of Topliss-reactive ketones (excluding diaryl/α,β-unsaturated/α-hetero) is 1. The molecule has 0 aliphatic heterocycles. The van der Waals surface area contributed by atoms with E-state index in [-0.39, 0.29) is 11.6 Å². The molecule has 0 aromatic heterocycles. The Morgan fingerprint density at radius 1 is 1.27 bits per heavy atom. The summed E-state index contributed by atoms with van der Waals surface area (Å²) in [6, 6.07) is 5.82. The van der Waals surface area contributed by atoms with Gasteiger partial charge in [-0.3, -0.25) is 4.79 Å². The van der Waals surface area contributed by atoms with Crippen LogP contribution in [0, 0.1) is 5.82 Å². The number of carbonyl (C=O) groups is 1. The molecule has 0 bridgehead atoms. The Bertz CT molecular complexity index is 325. The third-order valence-corrected chi connectivity index (χ3v) is 2.45. The molecule has 0 saturated heterocycles. The van der Waals surface area contributed by atoms with E-state index in [1.807, 2.05) is 0 Å². The molecular weight excluding hydrogens is 215 g/mol. The van der Waals surface area contributed by atoms with Crippen molar-refractivity contribution in [3.05, 3.63) is 35.6 Å².